The van der Waals surface area contributed by atoms with Crippen LogP contribution in [0, 0.1) is 0 Å². The van der Waals surface area contributed by atoms with E-state index in [0.717, 1.165) is 17.7 Å². The number of carbonyl (C=O) groups is 1. The zero-order valence-corrected chi connectivity index (χ0v) is 14.5. The smallest absolute Gasteiger partial charge is 0.387 e. The van der Waals surface area contributed by atoms with E-state index in [1.165, 1.54) is 13.2 Å². The van der Waals surface area contributed by atoms with E-state index < -0.39 is 12.8 Å². The van der Waals surface area contributed by atoms with E-state index in [0.29, 0.717) is 12.1 Å². The van der Waals surface area contributed by atoms with Crippen LogP contribution in [0.4, 0.5) is 14.5 Å². The average Bonchev–Trinajstić information content (AvgIpc) is 2.64. The Morgan fingerprint density at radius 3 is 2.65 bits per heavy atom. The minimum absolute atomic E-state index is 0.0455. The molecule has 2 aromatic carbocycles. The van der Waals surface area contributed by atoms with E-state index in [-0.39, 0.29) is 17.4 Å². The number of halogens is 2. The summed E-state index contributed by atoms with van der Waals surface area (Å²) in [7, 11) is 1.38. The predicted octanol–water partition coefficient (Wildman–Crippen LogP) is 4.27. The lowest BCUT2D eigenvalue weighted by atomic mass is 10.0. The number of para-hydroxylation sites is 1. The topological polar surface area (TPSA) is 50.8 Å². The van der Waals surface area contributed by atoms with E-state index in [2.05, 4.69) is 10.1 Å². The minimum Gasteiger partial charge on any atom is -0.493 e. The summed E-state index contributed by atoms with van der Waals surface area (Å²) in [6, 6.07) is 12.0. The Balaban J connectivity index is 1.99. The van der Waals surface area contributed by atoms with Crippen molar-refractivity contribution in [3.63, 3.8) is 0 Å². The second-order valence-corrected chi connectivity index (χ2v) is 5.88. The molecule has 0 saturated heterocycles. The molecule has 1 aliphatic rings. The molecule has 0 radical (unpaired) electrons. The summed E-state index contributed by atoms with van der Waals surface area (Å²) >= 11 is 0. The van der Waals surface area contributed by atoms with Gasteiger partial charge in [0, 0.05) is 12.2 Å². The Morgan fingerprint density at radius 1 is 1.19 bits per heavy atom. The zero-order chi connectivity index (χ0) is 18.7. The van der Waals surface area contributed by atoms with Crippen LogP contribution in [0.25, 0.3) is 0 Å². The van der Waals surface area contributed by atoms with Crippen LogP contribution in [-0.2, 0) is 0 Å². The molecule has 3 rings (SSSR count). The first-order valence-electron chi connectivity index (χ1n) is 8.34. The third-order valence-corrected chi connectivity index (χ3v) is 4.21. The summed E-state index contributed by atoms with van der Waals surface area (Å²) in [6.45, 7) is -0.388. The number of rotatable bonds is 6. The molecule has 138 valence electrons. The molecule has 1 atom stereocenters. The molecule has 5 nitrogen and oxygen atoms in total. The molecule has 1 heterocycles. The van der Waals surface area contributed by atoms with Crippen molar-refractivity contribution in [1.29, 1.82) is 0 Å². The molecule has 0 aromatic heterocycles. The van der Waals surface area contributed by atoms with Crippen molar-refractivity contribution in [1.82, 2.24) is 4.90 Å². The van der Waals surface area contributed by atoms with Crippen molar-refractivity contribution in [2.75, 3.05) is 19.0 Å². The Labute approximate surface area is 150 Å². The summed E-state index contributed by atoms with van der Waals surface area (Å²) in [4.78, 5) is 14.6. The highest BCUT2D eigenvalue weighted by molar-refractivity contribution is 6.01. The molecule has 0 aliphatic carbocycles. The lowest BCUT2D eigenvalue weighted by Gasteiger charge is -2.38. The van der Waals surface area contributed by atoms with E-state index >= 15 is 0 Å². The third kappa shape index (κ3) is 3.42. The van der Waals surface area contributed by atoms with Crippen LogP contribution >= 0.6 is 0 Å². The van der Waals surface area contributed by atoms with E-state index in [9.17, 15) is 13.6 Å². The van der Waals surface area contributed by atoms with Crippen molar-refractivity contribution in [2.24, 2.45) is 0 Å². The number of carbonyl (C=O) groups excluding carboxylic acids is 1. The van der Waals surface area contributed by atoms with Gasteiger partial charge >= 0.3 is 6.61 Å². The fourth-order valence-corrected chi connectivity index (χ4v) is 3.08. The normalized spacial score (nSPS) is 16.3. The van der Waals surface area contributed by atoms with Gasteiger partial charge in [-0.15, -0.1) is 0 Å². The van der Waals surface area contributed by atoms with Gasteiger partial charge in [0.15, 0.2) is 11.5 Å². The zero-order valence-electron chi connectivity index (χ0n) is 14.5. The van der Waals surface area contributed by atoms with E-state index in [1.807, 2.05) is 25.1 Å². The maximum Gasteiger partial charge on any atom is 0.387 e. The fraction of sp³-hybridized carbons (Fsp3) is 0.316. The third-order valence-electron chi connectivity index (χ3n) is 4.21. The van der Waals surface area contributed by atoms with Crippen molar-refractivity contribution in [2.45, 2.75) is 26.1 Å². The van der Waals surface area contributed by atoms with E-state index in [4.69, 9.17) is 4.74 Å². The monoisotopic (exact) mass is 362 g/mol. The molecule has 1 N–H and O–H groups in total. The number of nitrogens with one attached hydrogen (secondary N) is 1. The first kappa shape index (κ1) is 18.0. The number of methoxy groups -OCH3 is 1. The SMILES string of the molecule is CCCN1C(=O)c2ccccc2N[C@@H]1c1ccc(OC(F)F)c(OC)c1. The number of fused-ring (bicyclic) bond motifs is 1. The van der Waals surface area contributed by atoms with Crippen LogP contribution < -0.4 is 14.8 Å². The van der Waals surface area contributed by atoms with Gasteiger partial charge in [-0.2, -0.15) is 8.78 Å². The summed E-state index contributed by atoms with van der Waals surface area (Å²) in [5.74, 6) is 0.0706. The first-order valence-corrected chi connectivity index (χ1v) is 8.34. The molecule has 1 aliphatic heterocycles. The van der Waals surface area contributed by atoms with E-state index in [1.54, 1.807) is 23.1 Å². The maximum absolute atomic E-state index is 12.9. The molecule has 26 heavy (non-hydrogen) atoms. The molecule has 0 spiro atoms. The number of amides is 1. The van der Waals surface area contributed by atoms with Gasteiger partial charge < -0.3 is 19.7 Å². The number of alkyl halides is 2. The van der Waals surface area contributed by atoms with Crippen molar-refractivity contribution in [3.8, 4) is 11.5 Å². The molecule has 1 amide bonds. The van der Waals surface area contributed by atoms with Crippen LogP contribution in [0.3, 0.4) is 0 Å². The molecular weight excluding hydrogens is 342 g/mol. The maximum atomic E-state index is 12.9. The molecule has 0 unspecified atom stereocenters. The number of hydrogen-bond donors (Lipinski definition) is 1. The van der Waals surface area contributed by atoms with Gasteiger partial charge in [-0.05, 0) is 36.2 Å². The molecule has 7 heteroatoms. The van der Waals surface area contributed by atoms with Gasteiger partial charge in [0.25, 0.3) is 5.91 Å². The van der Waals surface area contributed by atoms with Crippen molar-refractivity contribution in [3.05, 3.63) is 53.6 Å². The van der Waals surface area contributed by atoms with Gasteiger partial charge in [-0.25, -0.2) is 0 Å². The second-order valence-electron chi connectivity index (χ2n) is 5.88. The summed E-state index contributed by atoms with van der Waals surface area (Å²) in [5, 5.41) is 3.35. The van der Waals surface area contributed by atoms with Crippen LogP contribution in [-0.4, -0.2) is 31.1 Å². The van der Waals surface area contributed by atoms with Crippen molar-refractivity contribution >= 4 is 11.6 Å². The molecule has 0 saturated carbocycles. The van der Waals surface area contributed by atoms with Crippen LogP contribution in [0.5, 0.6) is 11.5 Å². The standard InChI is InChI=1S/C19H20F2N2O3/c1-3-10-23-17(22-14-7-5-4-6-13(14)18(23)24)12-8-9-15(26-19(20)21)16(11-12)25-2/h4-9,11,17,19,22H,3,10H2,1-2H3/t17-/m0/s1. The Bertz CT molecular complexity index is 798. The molecule has 0 fully saturated rings. The van der Waals surface area contributed by atoms with Crippen molar-refractivity contribution < 1.29 is 23.0 Å². The minimum atomic E-state index is -2.94. The summed E-state index contributed by atoms with van der Waals surface area (Å²) < 4.78 is 34.7. The number of hydrogen-bond acceptors (Lipinski definition) is 4. The number of nitrogens with zero attached hydrogens (tertiary/aromatic N) is 1. The predicted molar refractivity (Wildman–Crippen MR) is 93.8 cm³/mol. The van der Waals surface area contributed by atoms with Gasteiger partial charge in [-0.3, -0.25) is 4.79 Å². The Kier molecular flexibility index (Phi) is 5.25. The lowest BCUT2D eigenvalue weighted by molar-refractivity contribution is -0.0512. The largest absolute Gasteiger partial charge is 0.493 e. The number of ether oxygens (including phenoxy) is 2. The molecular formula is C19H20F2N2O3. The first-order chi connectivity index (χ1) is 12.5. The summed E-state index contributed by atoms with van der Waals surface area (Å²) in [6.07, 6.45) is 0.363. The van der Waals surface area contributed by atoms with Gasteiger partial charge in [0.2, 0.25) is 0 Å². The number of benzene rings is 2. The summed E-state index contributed by atoms with van der Waals surface area (Å²) in [5.41, 5.74) is 2.07. The van der Waals surface area contributed by atoms with Crippen LogP contribution in [0.15, 0.2) is 42.5 Å². The van der Waals surface area contributed by atoms with Gasteiger partial charge in [0.05, 0.1) is 12.7 Å². The number of anilines is 1. The van der Waals surface area contributed by atoms with Gasteiger partial charge in [0.1, 0.15) is 6.17 Å². The Hall–Kier alpha value is -2.83. The highest BCUT2D eigenvalue weighted by atomic mass is 19.3. The lowest BCUT2D eigenvalue weighted by Crippen LogP contribution is -2.43. The Morgan fingerprint density at radius 2 is 1.96 bits per heavy atom. The fourth-order valence-electron chi connectivity index (χ4n) is 3.08. The second kappa shape index (κ2) is 7.59. The van der Waals surface area contributed by atoms with Gasteiger partial charge in [-0.1, -0.05) is 25.1 Å². The van der Waals surface area contributed by atoms with Crippen LogP contribution in [0.2, 0.25) is 0 Å². The van der Waals surface area contributed by atoms with Crippen LogP contribution in [0.1, 0.15) is 35.4 Å². The average molecular weight is 362 g/mol. The highest BCUT2D eigenvalue weighted by Gasteiger charge is 2.32. The highest BCUT2D eigenvalue weighted by Crippen LogP contribution is 2.37. The quantitative estimate of drug-likeness (QED) is 0.834. The molecule has 2 aromatic rings. The molecule has 0 bridgehead atoms.